The molecule has 0 unspecified atom stereocenters. The van der Waals surface area contributed by atoms with E-state index in [2.05, 4.69) is 5.32 Å². The lowest BCUT2D eigenvalue weighted by molar-refractivity contribution is 0.0951. The molecule has 2 aromatic carbocycles. The maximum Gasteiger partial charge on any atom is 0.253 e. The summed E-state index contributed by atoms with van der Waals surface area (Å²) >= 11 is 6.06. The molecule has 0 aliphatic heterocycles. The van der Waals surface area contributed by atoms with Gasteiger partial charge in [-0.3, -0.25) is 9.59 Å². The van der Waals surface area contributed by atoms with E-state index in [1.54, 1.807) is 38.5 Å². The zero-order valence-electron chi connectivity index (χ0n) is 13.7. The van der Waals surface area contributed by atoms with Crippen LogP contribution >= 0.6 is 11.6 Å². The number of ketones is 1. The molecule has 2 rings (SSSR count). The fraction of sp³-hybridized carbons (Fsp3) is 0.222. The molecule has 0 bridgehead atoms. The molecule has 0 atom stereocenters. The van der Waals surface area contributed by atoms with Crippen molar-refractivity contribution in [1.82, 2.24) is 5.32 Å². The Morgan fingerprint density at radius 3 is 2.46 bits per heavy atom. The Balaban J connectivity index is 2.16. The molecular formula is C18H18ClNO4. The Bertz CT molecular complexity index is 774. The van der Waals surface area contributed by atoms with Crippen LogP contribution in [-0.2, 0) is 6.54 Å². The predicted octanol–water partition coefficient (Wildman–Crippen LogP) is 3.49. The number of hydrogen-bond donors (Lipinski definition) is 1. The lowest BCUT2D eigenvalue weighted by Crippen LogP contribution is -2.23. The van der Waals surface area contributed by atoms with Gasteiger partial charge in [-0.05, 0) is 37.3 Å². The number of amides is 1. The van der Waals surface area contributed by atoms with Gasteiger partial charge >= 0.3 is 0 Å². The minimum atomic E-state index is -0.360. The Morgan fingerprint density at radius 2 is 1.83 bits per heavy atom. The van der Waals surface area contributed by atoms with Gasteiger partial charge < -0.3 is 14.8 Å². The van der Waals surface area contributed by atoms with Crippen molar-refractivity contribution in [1.29, 1.82) is 0 Å². The first-order valence-electron chi connectivity index (χ1n) is 7.26. The Labute approximate surface area is 145 Å². The molecule has 24 heavy (non-hydrogen) atoms. The quantitative estimate of drug-likeness (QED) is 0.812. The Morgan fingerprint density at radius 1 is 1.08 bits per heavy atom. The molecule has 0 fully saturated rings. The van der Waals surface area contributed by atoms with Gasteiger partial charge in [-0.15, -0.1) is 0 Å². The topological polar surface area (TPSA) is 64.6 Å². The Kier molecular flexibility index (Phi) is 5.82. The summed E-state index contributed by atoms with van der Waals surface area (Å²) in [4.78, 5) is 23.8. The summed E-state index contributed by atoms with van der Waals surface area (Å²) in [6.45, 7) is 1.69. The summed E-state index contributed by atoms with van der Waals surface area (Å²) in [5.41, 5.74) is 1.49. The largest absolute Gasteiger partial charge is 0.497 e. The van der Waals surface area contributed by atoms with Crippen molar-refractivity contribution < 1.29 is 19.1 Å². The third-order valence-corrected chi connectivity index (χ3v) is 3.88. The minimum absolute atomic E-state index is 0.127. The molecular weight excluding hydrogens is 330 g/mol. The molecule has 0 aliphatic rings. The van der Waals surface area contributed by atoms with Crippen molar-refractivity contribution in [3.8, 4) is 11.5 Å². The molecule has 0 saturated heterocycles. The molecule has 0 radical (unpaired) electrons. The first kappa shape index (κ1) is 17.8. The van der Waals surface area contributed by atoms with Crippen molar-refractivity contribution in [2.24, 2.45) is 0 Å². The summed E-state index contributed by atoms with van der Waals surface area (Å²) in [7, 11) is 3.12. The molecule has 1 N–H and O–H groups in total. The summed E-state index contributed by atoms with van der Waals surface area (Å²) < 4.78 is 10.4. The summed E-state index contributed by atoms with van der Waals surface area (Å²) in [6, 6.07) is 9.96. The van der Waals surface area contributed by atoms with Gasteiger partial charge in [0.15, 0.2) is 5.78 Å². The SMILES string of the molecule is COc1ccc(CNC(=O)c2cc(C(C)=O)ccc2Cl)c(OC)c1. The van der Waals surface area contributed by atoms with Crippen LogP contribution in [0.25, 0.3) is 0 Å². The second kappa shape index (κ2) is 7.84. The first-order chi connectivity index (χ1) is 11.5. The van der Waals surface area contributed by atoms with Crippen molar-refractivity contribution >= 4 is 23.3 Å². The van der Waals surface area contributed by atoms with E-state index in [0.717, 1.165) is 5.56 Å². The summed E-state index contributed by atoms with van der Waals surface area (Å²) in [5, 5.41) is 3.07. The third-order valence-electron chi connectivity index (χ3n) is 3.55. The smallest absolute Gasteiger partial charge is 0.253 e. The minimum Gasteiger partial charge on any atom is -0.497 e. The van der Waals surface area contributed by atoms with Gasteiger partial charge in [-0.25, -0.2) is 0 Å². The van der Waals surface area contributed by atoms with Gasteiger partial charge in [-0.1, -0.05) is 11.6 Å². The number of ether oxygens (including phenoxy) is 2. The monoisotopic (exact) mass is 347 g/mol. The number of carbonyl (C=O) groups excluding carboxylic acids is 2. The van der Waals surface area contributed by atoms with Crippen molar-refractivity contribution in [2.45, 2.75) is 13.5 Å². The molecule has 126 valence electrons. The fourth-order valence-corrected chi connectivity index (χ4v) is 2.39. The Hall–Kier alpha value is -2.53. The van der Waals surface area contributed by atoms with Crippen molar-refractivity contribution in [2.75, 3.05) is 14.2 Å². The van der Waals surface area contributed by atoms with E-state index >= 15 is 0 Å². The van der Waals surface area contributed by atoms with E-state index < -0.39 is 0 Å². The van der Waals surface area contributed by atoms with E-state index in [9.17, 15) is 9.59 Å². The fourth-order valence-electron chi connectivity index (χ4n) is 2.19. The number of carbonyl (C=O) groups is 2. The summed E-state index contributed by atoms with van der Waals surface area (Å²) in [5.74, 6) is 0.788. The number of nitrogens with one attached hydrogen (secondary N) is 1. The second-order valence-corrected chi connectivity index (χ2v) is 5.52. The molecule has 0 spiro atoms. The van der Waals surface area contributed by atoms with Gasteiger partial charge in [-0.2, -0.15) is 0 Å². The van der Waals surface area contributed by atoms with Crippen molar-refractivity contribution in [3.63, 3.8) is 0 Å². The van der Waals surface area contributed by atoms with Gasteiger partial charge in [0.1, 0.15) is 11.5 Å². The lowest BCUT2D eigenvalue weighted by atomic mass is 10.1. The van der Waals surface area contributed by atoms with Crippen LogP contribution in [0.15, 0.2) is 36.4 Å². The maximum atomic E-state index is 12.4. The zero-order chi connectivity index (χ0) is 17.7. The third kappa shape index (κ3) is 4.06. The van der Waals surface area contributed by atoms with Gasteiger partial charge in [0.25, 0.3) is 5.91 Å². The molecule has 0 aromatic heterocycles. The number of benzene rings is 2. The highest BCUT2D eigenvalue weighted by Gasteiger charge is 2.14. The molecule has 1 amide bonds. The van der Waals surface area contributed by atoms with E-state index in [1.807, 2.05) is 6.07 Å². The lowest BCUT2D eigenvalue weighted by Gasteiger charge is -2.12. The molecule has 0 heterocycles. The highest BCUT2D eigenvalue weighted by Crippen LogP contribution is 2.25. The number of methoxy groups -OCH3 is 2. The van der Waals surface area contributed by atoms with Gasteiger partial charge in [0, 0.05) is 23.7 Å². The van der Waals surface area contributed by atoms with E-state index in [0.29, 0.717) is 22.1 Å². The van der Waals surface area contributed by atoms with Crippen LogP contribution in [0.5, 0.6) is 11.5 Å². The first-order valence-corrected chi connectivity index (χ1v) is 7.63. The molecule has 5 nitrogen and oxygen atoms in total. The average Bonchev–Trinajstić information content (AvgIpc) is 2.59. The molecule has 6 heteroatoms. The van der Waals surface area contributed by atoms with Crippen LogP contribution in [0.4, 0.5) is 0 Å². The van der Waals surface area contributed by atoms with E-state index in [1.165, 1.54) is 13.0 Å². The average molecular weight is 348 g/mol. The maximum absolute atomic E-state index is 12.4. The van der Waals surface area contributed by atoms with Crippen LogP contribution in [-0.4, -0.2) is 25.9 Å². The standard InChI is InChI=1S/C18H18ClNO4/c1-11(21)12-5-7-16(19)15(8-12)18(22)20-10-13-4-6-14(23-2)9-17(13)24-3/h4-9H,10H2,1-3H3,(H,20,22). The number of Topliss-reactive ketones (excluding diaryl/α,β-unsaturated/α-hetero) is 1. The van der Waals surface area contributed by atoms with Crippen LogP contribution in [0.3, 0.4) is 0 Å². The molecule has 2 aromatic rings. The summed E-state index contributed by atoms with van der Waals surface area (Å²) in [6.07, 6.45) is 0. The van der Waals surface area contributed by atoms with E-state index in [-0.39, 0.29) is 23.8 Å². The number of rotatable bonds is 6. The number of halogens is 1. The zero-order valence-corrected chi connectivity index (χ0v) is 14.4. The van der Waals surface area contributed by atoms with Gasteiger partial charge in [0.2, 0.25) is 0 Å². The van der Waals surface area contributed by atoms with E-state index in [4.69, 9.17) is 21.1 Å². The number of hydrogen-bond acceptors (Lipinski definition) is 4. The predicted molar refractivity (Wildman–Crippen MR) is 92.2 cm³/mol. The van der Waals surface area contributed by atoms with Crippen molar-refractivity contribution in [3.05, 3.63) is 58.1 Å². The van der Waals surface area contributed by atoms with Crippen LogP contribution < -0.4 is 14.8 Å². The highest BCUT2D eigenvalue weighted by molar-refractivity contribution is 6.34. The van der Waals surface area contributed by atoms with Gasteiger partial charge in [0.05, 0.1) is 24.8 Å². The highest BCUT2D eigenvalue weighted by atomic mass is 35.5. The van der Waals surface area contributed by atoms with Crippen LogP contribution in [0.1, 0.15) is 33.2 Å². The normalized spacial score (nSPS) is 10.2. The van der Waals surface area contributed by atoms with Crippen LogP contribution in [0.2, 0.25) is 5.02 Å². The molecule has 0 aliphatic carbocycles. The second-order valence-electron chi connectivity index (χ2n) is 5.11. The van der Waals surface area contributed by atoms with Crippen LogP contribution in [0, 0.1) is 0 Å². The molecule has 0 saturated carbocycles.